The lowest BCUT2D eigenvalue weighted by molar-refractivity contribution is 0.287. The van der Waals surface area contributed by atoms with Gasteiger partial charge in [-0.3, -0.25) is 0 Å². The summed E-state index contributed by atoms with van der Waals surface area (Å²) in [4.78, 5) is 4.14. The predicted molar refractivity (Wildman–Crippen MR) is 77.5 cm³/mol. The van der Waals surface area contributed by atoms with Gasteiger partial charge in [-0.2, -0.15) is 4.31 Å². The first-order chi connectivity index (χ1) is 9.90. The van der Waals surface area contributed by atoms with Crippen molar-refractivity contribution in [3.63, 3.8) is 0 Å². The average molecular weight is 315 g/mol. The number of aromatic nitrogens is 2. The minimum Gasteiger partial charge on any atom is -0.409 e. The number of sulfonamides is 1. The third kappa shape index (κ3) is 3.03. The van der Waals surface area contributed by atoms with Crippen molar-refractivity contribution in [2.24, 2.45) is 16.8 Å². The number of nitrogens with zero attached hydrogens (tertiary/aromatic N) is 4. The Morgan fingerprint density at radius 1 is 1.62 bits per heavy atom. The van der Waals surface area contributed by atoms with Gasteiger partial charge in [-0.1, -0.05) is 5.16 Å². The van der Waals surface area contributed by atoms with Crippen LogP contribution in [0.1, 0.15) is 25.6 Å². The molecule has 1 saturated heterocycles. The zero-order chi connectivity index (χ0) is 15.6. The van der Waals surface area contributed by atoms with Gasteiger partial charge in [-0.05, 0) is 26.7 Å². The van der Waals surface area contributed by atoms with Gasteiger partial charge in [0, 0.05) is 31.7 Å². The van der Waals surface area contributed by atoms with Crippen LogP contribution in [0.25, 0.3) is 0 Å². The highest BCUT2D eigenvalue weighted by molar-refractivity contribution is 7.89. The molecule has 1 fully saturated rings. The first-order valence-electron chi connectivity index (χ1n) is 6.91. The van der Waals surface area contributed by atoms with Crippen molar-refractivity contribution in [3.8, 4) is 0 Å². The van der Waals surface area contributed by atoms with E-state index < -0.39 is 10.0 Å². The molecule has 1 aromatic heterocycles. The van der Waals surface area contributed by atoms with E-state index in [0.717, 1.165) is 0 Å². The van der Waals surface area contributed by atoms with Gasteiger partial charge in [0.05, 0.1) is 0 Å². The van der Waals surface area contributed by atoms with Gasteiger partial charge in [0.25, 0.3) is 10.0 Å². The van der Waals surface area contributed by atoms with Crippen LogP contribution in [0.3, 0.4) is 0 Å². The molecule has 0 spiro atoms. The Morgan fingerprint density at radius 2 is 2.33 bits per heavy atom. The van der Waals surface area contributed by atoms with Gasteiger partial charge in [0.1, 0.15) is 11.7 Å². The maximum Gasteiger partial charge on any atom is 0.262 e. The van der Waals surface area contributed by atoms with Crippen LogP contribution in [0.2, 0.25) is 0 Å². The molecule has 0 aromatic carbocycles. The zero-order valence-electron chi connectivity index (χ0n) is 12.2. The van der Waals surface area contributed by atoms with Gasteiger partial charge in [-0.15, -0.1) is 0 Å². The Kier molecular flexibility index (Phi) is 4.52. The molecule has 1 aliphatic rings. The van der Waals surface area contributed by atoms with E-state index in [1.807, 2.05) is 6.92 Å². The molecule has 0 aliphatic carbocycles. The lowest BCUT2D eigenvalue weighted by atomic mass is 9.99. The van der Waals surface area contributed by atoms with Crippen LogP contribution in [0.4, 0.5) is 0 Å². The smallest absolute Gasteiger partial charge is 0.262 e. The first-order valence-corrected chi connectivity index (χ1v) is 8.35. The van der Waals surface area contributed by atoms with Crippen molar-refractivity contribution in [2.75, 3.05) is 13.1 Å². The fraction of sp³-hybridized carbons (Fsp3) is 0.667. The van der Waals surface area contributed by atoms with Gasteiger partial charge >= 0.3 is 0 Å². The van der Waals surface area contributed by atoms with Gasteiger partial charge < -0.3 is 15.5 Å². The van der Waals surface area contributed by atoms with Crippen LogP contribution in [-0.4, -0.2) is 46.4 Å². The third-order valence-electron chi connectivity index (χ3n) is 3.82. The summed E-state index contributed by atoms with van der Waals surface area (Å²) in [6.07, 6.45) is 2.94. The maximum absolute atomic E-state index is 12.6. The molecular formula is C12H21N5O3S. The Morgan fingerprint density at radius 3 is 2.90 bits per heavy atom. The first kappa shape index (κ1) is 15.8. The van der Waals surface area contributed by atoms with E-state index in [2.05, 4.69) is 10.1 Å². The number of hydrogen-bond donors (Lipinski definition) is 2. The third-order valence-corrected chi connectivity index (χ3v) is 5.55. The molecular weight excluding hydrogens is 294 g/mol. The number of aryl methyl sites for hydroxylation is 2. The van der Waals surface area contributed by atoms with E-state index >= 15 is 0 Å². The summed E-state index contributed by atoms with van der Waals surface area (Å²) < 4.78 is 28.4. The molecule has 118 valence electrons. The van der Waals surface area contributed by atoms with Gasteiger partial charge in [0.2, 0.25) is 0 Å². The van der Waals surface area contributed by atoms with Gasteiger partial charge in [-0.25, -0.2) is 13.4 Å². The molecule has 21 heavy (non-hydrogen) atoms. The van der Waals surface area contributed by atoms with E-state index in [1.165, 1.54) is 4.31 Å². The van der Waals surface area contributed by atoms with Crippen molar-refractivity contribution >= 4 is 15.9 Å². The fourth-order valence-electron chi connectivity index (χ4n) is 2.54. The summed E-state index contributed by atoms with van der Waals surface area (Å²) in [5, 5.41) is 11.8. The molecule has 3 N–H and O–H groups in total. The lowest BCUT2D eigenvalue weighted by Gasteiger charge is -2.30. The minimum atomic E-state index is -3.64. The van der Waals surface area contributed by atoms with Crippen LogP contribution >= 0.6 is 0 Å². The van der Waals surface area contributed by atoms with Crippen LogP contribution in [0.15, 0.2) is 16.4 Å². The van der Waals surface area contributed by atoms with Crippen molar-refractivity contribution < 1.29 is 13.6 Å². The largest absolute Gasteiger partial charge is 0.409 e. The Balaban J connectivity index is 2.26. The van der Waals surface area contributed by atoms with E-state index in [1.54, 1.807) is 17.7 Å². The minimum absolute atomic E-state index is 0.0574. The van der Waals surface area contributed by atoms with E-state index in [-0.39, 0.29) is 23.3 Å². The van der Waals surface area contributed by atoms with E-state index in [4.69, 9.17) is 10.9 Å². The number of amidine groups is 1. The maximum atomic E-state index is 12.6. The number of oxime groups is 1. The van der Waals surface area contributed by atoms with Crippen molar-refractivity contribution in [1.82, 2.24) is 13.9 Å². The second-order valence-electron chi connectivity index (χ2n) is 5.14. The summed E-state index contributed by atoms with van der Waals surface area (Å²) in [6, 6.07) is 0. The fourth-order valence-corrected chi connectivity index (χ4v) is 4.06. The molecule has 2 heterocycles. The van der Waals surface area contributed by atoms with Crippen LogP contribution in [-0.2, 0) is 16.6 Å². The quantitative estimate of drug-likeness (QED) is 0.360. The molecule has 1 unspecified atom stereocenters. The Bertz CT molecular complexity index is 637. The van der Waals surface area contributed by atoms with Crippen LogP contribution < -0.4 is 5.73 Å². The SMILES string of the molecule is CCn1cc(S(=O)(=O)N2CCCC(C(N)=NO)C2)nc1C. The summed E-state index contributed by atoms with van der Waals surface area (Å²) in [5.74, 6) is 0.485. The molecule has 0 radical (unpaired) electrons. The number of rotatable bonds is 4. The monoisotopic (exact) mass is 315 g/mol. The predicted octanol–water partition coefficient (Wildman–Crippen LogP) is 0.359. The molecule has 1 aliphatic heterocycles. The molecule has 9 heteroatoms. The van der Waals surface area contributed by atoms with Gasteiger partial charge in [0.15, 0.2) is 5.03 Å². The highest BCUT2D eigenvalue weighted by Gasteiger charge is 2.33. The van der Waals surface area contributed by atoms with Crippen LogP contribution in [0.5, 0.6) is 0 Å². The summed E-state index contributed by atoms with van der Waals surface area (Å²) in [7, 11) is -3.64. The topological polar surface area (TPSA) is 114 Å². The van der Waals surface area contributed by atoms with E-state index in [9.17, 15) is 8.42 Å². The normalized spacial score (nSPS) is 21.6. The van der Waals surface area contributed by atoms with Crippen molar-refractivity contribution in [1.29, 1.82) is 0 Å². The second kappa shape index (κ2) is 6.02. The van der Waals surface area contributed by atoms with Crippen molar-refractivity contribution in [2.45, 2.75) is 38.3 Å². The van der Waals surface area contributed by atoms with Crippen LogP contribution in [0, 0.1) is 12.8 Å². The number of hydrogen-bond acceptors (Lipinski definition) is 5. The lowest BCUT2D eigenvalue weighted by Crippen LogP contribution is -2.44. The highest BCUT2D eigenvalue weighted by atomic mass is 32.2. The molecule has 1 atom stereocenters. The molecule has 2 rings (SSSR count). The summed E-state index contributed by atoms with van der Waals surface area (Å²) in [6.45, 7) is 5.02. The number of imidazole rings is 1. The standard InChI is InChI=1S/C12H21N5O3S/c1-3-16-8-11(14-9(16)2)21(19,20)17-6-4-5-10(7-17)12(13)15-18/h8,10,18H,3-7H2,1-2H3,(H2,13,15). The highest BCUT2D eigenvalue weighted by Crippen LogP contribution is 2.23. The number of nitrogens with two attached hydrogens (primary N) is 1. The van der Waals surface area contributed by atoms with E-state index in [0.29, 0.717) is 31.8 Å². The summed E-state index contributed by atoms with van der Waals surface area (Å²) >= 11 is 0. The molecule has 0 bridgehead atoms. The Labute approximate surface area is 124 Å². The molecule has 1 aromatic rings. The average Bonchev–Trinajstić information content (AvgIpc) is 2.88. The molecule has 0 saturated carbocycles. The number of piperidine rings is 1. The molecule has 8 nitrogen and oxygen atoms in total. The second-order valence-corrected chi connectivity index (χ2v) is 7.02. The Hall–Kier alpha value is -1.61. The molecule has 0 amide bonds. The van der Waals surface area contributed by atoms with Crippen molar-refractivity contribution in [3.05, 3.63) is 12.0 Å². The zero-order valence-corrected chi connectivity index (χ0v) is 13.0. The summed E-state index contributed by atoms with van der Waals surface area (Å²) in [5.41, 5.74) is 5.60.